The van der Waals surface area contributed by atoms with E-state index in [1.807, 2.05) is 30.5 Å². The quantitative estimate of drug-likeness (QED) is 0.812. The van der Waals surface area contributed by atoms with Crippen LogP contribution in [-0.2, 0) is 9.59 Å². The van der Waals surface area contributed by atoms with Gasteiger partial charge < -0.3 is 15.5 Å². The van der Waals surface area contributed by atoms with Gasteiger partial charge in [-0.25, -0.2) is 0 Å². The van der Waals surface area contributed by atoms with Crippen LogP contribution < -0.4 is 10.6 Å². The molecule has 2 rings (SSSR count). The zero-order valence-electron chi connectivity index (χ0n) is 13.1. The van der Waals surface area contributed by atoms with Crippen LogP contribution in [0.2, 0.25) is 0 Å². The molecule has 2 N–H and O–H groups in total. The Hall–Kier alpha value is -1.53. The first-order valence-electron chi connectivity index (χ1n) is 7.50. The molecular weight excluding hydrogens is 298 g/mol. The molecule has 1 aromatic carbocycles. The first-order valence-corrected chi connectivity index (χ1v) is 8.73. The zero-order valence-corrected chi connectivity index (χ0v) is 13.9. The van der Waals surface area contributed by atoms with E-state index in [1.165, 1.54) is 4.90 Å². The predicted octanol–water partition coefficient (Wildman–Crippen LogP) is 1.80. The molecule has 6 heteroatoms. The first-order chi connectivity index (χ1) is 10.6. The van der Waals surface area contributed by atoms with Gasteiger partial charge in [0, 0.05) is 17.9 Å². The lowest BCUT2D eigenvalue weighted by atomic mass is 9.97. The maximum atomic E-state index is 12.3. The second-order valence-corrected chi connectivity index (χ2v) is 6.32. The summed E-state index contributed by atoms with van der Waals surface area (Å²) < 4.78 is 0. The summed E-state index contributed by atoms with van der Waals surface area (Å²) in [6, 6.07) is 7.66. The predicted molar refractivity (Wildman–Crippen MR) is 90.1 cm³/mol. The minimum Gasteiger partial charge on any atom is -0.336 e. The standard InChI is InChI=1S/C16H23N3O2S/c1-19(16(21)12-7-9-17-10-8-12)11-15(20)18-13-5-3-4-6-14(13)22-2/h3-6,12,17H,7-11H2,1-2H3,(H,18,20). The molecule has 2 amide bonds. The van der Waals surface area contributed by atoms with Crippen molar-refractivity contribution >= 4 is 29.3 Å². The van der Waals surface area contributed by atoms with Crippen molar-refractivity contribution in [3.05, 3.63) is 24.3 Å². The zero-order chi connectivity index (χ0) is 15.9. The monoisotopic (exact) mass is 321 g/mol. The van der Waals surface area contributed by atoms with E-state index in [0.29, 0.717) is 0 Å². The van der Waals surface area contributed by atoms with Gasteiger partial charge in [0.25, 0.3) is 0 Å². The van der Waals surface area contributed by atoms with Gasteiger partial charge in [-0.05, 0) is 44.3 Å². The van der Waals surface area contributed by atoms with Crippen molar-refractivity contribution in [1.82, 2.24) is 10.2 Å². The SMILES string of the molecule is CSc1ccccc1NC(=O)CN(C)C(=O)C1CCNCC1. The Morgan fingerprint density at radius 2 is 2.00 bits per heavy atom. The highest BCUT2D eigenvalue weighted by molar-refractivity contribution is 7.98. The third-order valence-electron chi connectivity index (χ3n) is 3.83. The summed E-state index contributed by atoms with van der Waals surface area (Å²) in [6.07, 6.45) is 3.66. The molecule has 0 bridgehead atoms. The van der Waals surface area contributed by atoms with Crippen molar-refractivity contribution in [2.45, 2.75) is 17.7 Å². The van der Waals surface area contributed by atoms with Crippen LogP contribution in [0.3, 0.4) is 0 Å². The van der Waals surface area contributed by atoms with Crippen LogP contribution in [0.15, 0.2) is 29.2 Å². The van der Waals surface area contributed by atoms with Crippen LogP contribution in [0, 0.1) is 5.92 Å². The minimum atomic E-state index is -0.161. The number of benzene rings is 1. The number of para-hydroxylation sites is 1. The van der Waals surface area contributed by atoms with Crippen molar-refractivity contribution in [2.75, 3.05) is 38.3 Å². The van der Waals surface area contributed by atoms with Crippen LogP contribution in [0.1, 0.15) is 12.8 Å². The van der Waals surface area contributed by atoms with Crippen LogP contribution >= 0.6 is 11.8 Å². The molecule has 0 radical (unpaired) electrons. The lowest BCUT2D eigenvalue weighted by molar-refractivity contribution is -0.137. The molecule has 120 valence electrons. The number of nitrogens with zero attached hydrogens (tertiary/aromatic N) is 1. The van der Waals surface area contributed by atoms with Crippen molar-refractivity contribution in [3.63, 3.8) is 0 Å². The summed E-state index contributed by atoms with van der Waals surface area (Å²) in [5.74, 6) is -0.0568. The number of carbonyl (C=O) groups excluding carboxylic acids is 2. The number of thioether (sulfide) groups is 1. The average molecular weight is 321 g/mol. The van der Waals surface area contributed by atoms with E-state index < -0.39 is 0 Å². The molecule has 0 aliphatic carbocycles. The van der Waals surface area contributed by atoms with E-state index in [2.05, 4.69) is 10.6 Å². The Morgan fingerprint density at radius 3 is 2.68 bits per heavy atom. The maximum absolute atomic E-state index is 12.3. The Balaban J connectivity index is 1.89. The van der Waals surface area contributed by atoms with Crippen molar-refractivity contribution in [2.24, 2.45) is 5.92 Å². The number of amides is 2. The number of nitrogens with one attached hydrogen (secondary N) is 2. The molecule has 5 nitrogen and oxygen atoms in total. The molecule has 0 unspecified atom stereocenters. The maximum Gasteiger partial charge on any atom is 0.244 e. The van der Waals surface area contributed by atoms with E-state index in [4.69, 9.17) is 0 Å². The second-order valence-electron chi connectivity index (χ2n) is 5.47. The van der Waals surface area contributed by atoms with E-state index in [-0.39, 0.29) is 24.3 Å². The van der Waals surface area contributed by atoms with Crippen LogP contribution in [0.25, 0.3) is 0 Å². The van der Waals surface area contributed by atoms with Crippen LogP contribution in [0.5, 0.6) is 0 Å². The largest absolute Gasteiger partial charge is 0.336 e. The van der Waals surface area contributed by atoms with Gasteiger partial charge in [-0.15, -0.1) is 11.8 Å². The number of hydrogen-bond donors (Lipinski definition) is 2. The molecule has 1 aliphatic heterocycles. The number of anilines is 1. The van der Waals surface area contributed by atoms with Gasteiger partial charge in [-0.3, -0.25) is 9.59 Å². The third-order valence-corrected chi connectivity index (χ3v) is 4.62. The summed E-state index contributed by atoms with van der Waals surface area (Å²) in [4.78, 5) is 27.0. The van der Waals surface area contributed by atoms with Crippen molar-refractivity contribution < 1.29 is 9.59 Å². The third kappa shape index (κ3) is 4.48. The number of carbonyl (C=O) groups is 2. The number of piperidine rings is 1. The molecule has 0 atom stereocenters. The lowest BCUT2D eigenvalue weighted by Gasteiger charge is -2.26. The highest BCUT2D eigenvalue weighted by atomic mass is 32.2. The first kappa shape index (κ1) is 16.8. The molecule has 0 saturated carbocycles. The summed E-state index contributed by atoms with van der Waals surface area (Å²) in [5.41, 5.74) is 0.794. The van der Waals surface area contributed by atoms with Crippen molar-refractivity contribution in [3.8, 4) is 0 Å². The number of hydrogen-bond acceptors (Lipinski definition) is 4. The fourth-order valence-corrected chi connectivity index (χ4v) is 3.17. The second kappa shape index (κ2) is 8.19. The Bertz CT molecular complexity index is 530. The molecule has 0 spiro atoms. The Labute approximate surface area is 135 Å². The molecule has 1 saturated heterocycles. The summed E-state index contributed by atoms with van der Waals surface area (Å²) >= 11 is 1.58. The van der Waals surface area contributed by atoms with Crippen LogP contribution in [0.4, 0.5) is 5.69 Å². The van der Waals surface area contributed by atoms with Crippen molar-refractivity contribution in [1.29, 1.82) is 0 Å². The summed E-state index contributed by atoms with van der Waals surface area (Å²) in [5, 5.41) is 6.13. The van der Waals surface area contributed by atoms with Gasteiger partial charge >= 0.3 is 0 Å². The van der Waals surface area contributed by atoms with Gasteiger partial charge in [0.1, 0.15) is 0 Å². The highest BCUT2D eigenvalue weighted by Crippen LogP contribution is 2.24. The lowest BCUT2D eigenvalue weighted by Crippen LogP contribution is -2.42. The molecule has 1 aliphatic rings. The van der Waals surface area contributed by atoms with Gasteiger partial charge in [0.05, 0.1) is 12.2 Å². The molecule has 1 aromatic rings. The molecular formula is C16H23N3O2S. The van der Waals surface area contributed by atoms with Gasteiger partial charge in [0.15, 0.2) is 0 Å². The van der Waals surface area contributed by atoms with Gasteiger partial charge in [-0.2, -0.15) is 0 Å². The average Bonchev–Trinajstić information content (AvgIpc) is 2.55. The summed E-state index contributed by atoms with van der Waals surface area (Å²) in [7, 11) is 1.70. The highest BCUT2D eigenvalue weighted by Gasteiger charge is 2.25. The van der Waals surface area contributed by atoms with E-state index in [9.17, 15) is 9.59 Å². The Kier molecular flexibility index (Phi) is 6.27. The molecule has 22 heavy (non-hydrogen) atoms. The minimum absolute atomic E-state index is 0.0394. The van der Waals surface area contributed by atoms with E-state index in [1.54, 1.807) is 18.8 Å². The van der Waals surface area contributed by atoms with Gasteiger partial charge in [-0.1, -0.05) is 12.1 Å². The summed E-state index contributed by atoms with van der Waals surface area (Å²) in [6.45, 7) is 1.83. The van der Waals surface area contributed by atoms with E-state index >= 15 is 0 Å². The molecule has 0 aromatic heterocycles. The normalized spacial score (nSPS) is 15.4. The van der Waals surface area contributed by atoms with E-state index in [0.717, 1.165) is 36.5 Å². The Morgan fingerprint density at radius 1 is 1.32 bits per heavy atom. The smallest absolute Gasteiger partial charge is 0.244 e. The topological polar surface area (TPSA) is 61.4 Å². The van der Waals surface area contributed by atoms with Crippen LogP contribution in [-0.4, -0.2) is 49.7 Å². The molecule has 1 fully saturated rings. The number of rotatable bonds is 5. The molecule has 1 heterocycles. The number of likely N-dealkylation sites (N-methyl/N-ethyl adjacent to an activating group) is 1. The fourth-order valence-electron chi connectivity index (χ4n) is 2.61. The fraction of sp³-hybridized carbons (Fsp3) is 0.500. The van der Waals surface area contributed by atoms with Gasteiger partial charge in [0.2, 0.25) is 11.8 Å².